The molecule has 2 aromatic heterocycles. The molecule has 0 aliphatic carbocycles. The van der Waals surface area contributed by atoms with Crippen molar-refractivity contribution in [3.8, 4) is 0 Å². The van der Waals surface area contributed by atoms with Crippen LogP contribution in [0.4, 0.5) is 28.4 Å². The average Bonchev–Trinajstić information content (AvgIpc) is 3.64. The highest BCUT2D eigenvalue weighted by Gasteiger charge is 2.17. The van der Waals surface area contributed by atoms with Crippen LogP contribution in [0.2, 0.25) is 0 Å². The van der Waals surface area contributed by atoms with Crippen molar-refractivity contribution in [2.75, 3.05) is 10.2 Å². The SMILES string of the molecule is c1ccc(N(c2ccccc2)c2ccc3c(c2)sc2c4ccccc4c(Nc4ccc5c(c4)oc4ccccc45)cc32)cc1. The van der Waals surface area contributed by atoms with E-state index in [0.717, 1.165) is 50.4 Å². The van der Waals surface area contributed by atoms with Crippen molar-refractivity contribution in [2.45, 2.75) is 0 Å². The molecule has 0 spiro atoms. The monoisotopic (exact) mass is 582 g/mol. The van der Waals surface area contributed by atoms with Crippen molar-refractivity contribution >= 4 is 92.7 Å². The third-order valence-corrected chi connectivity index (χ3v) is 9.61. The highest BCUT2D eigenvalue weighted by molar-refractivity contribution is 7.26. The molecule has 2 heterocycles. The summed E-state index contributed by atoms with van der Waals surface area (Å²) in [6, 6.07) is 53.6. The zero-order chi connectivity index (χ0) is 29.0. The second kappa shape index (κ2) is 10.0. The fourth-order valence-corrected chi connectivity index (χ4v) is 7.64. The molecule has 0 unspecified atom stereocenters. The van der Waals surface area contributed by atoms with Gasteiger partial charge in [0.1, 0.15) is 11.2 Å². The van der Waals surface area contributed by atoms with E-state index in [1.807, 2.05) is 23.5 Å². The van der Waals surface area contributed by atoms with E-state index >= 15 is 0 Å². The van der Waals surface area contributed by atoms with Gasteiger partial charge in [0.15, 0.2) is 0 Å². The number of rotatable bonds is 5. The zero-order valence-corrected chi connectivity index (χ0v) is 24.5. The second-order valence-electron chi connectivity index (χ2n) is 11.1. The molecule has 0 atom stereocenters. The highest BCUT2D eigenvalue weighted by Crippen LogP contribution is 2.45. The van der Waals surface area contributed by atoms with Gasteiger partial charge in [-0.1, -0.05) is 84.9 Å². The smallest absolute Gasteiger partial charge is 0.137 e. The number of anilines is 5. The molecular formula is C40H26N2OS. The van der Waals surface area contributed by atoms with E-state index in [1.54, 1.807) is 0 Å². The van der Waals surface area contributed by atoms with E-state index in [1.165, 1.54) is 30.9 Å². The lowest BCUT2D eigenvalue weighted by Gasteiger charge is -2.25. The minimum atomic E-state index is 0.886. The molecule has 0 fully saturated rings. The van der Waals surface area contributed by atoms with Gasteiger partial charge in [0, 0.05) is 76.2 Å². The van der Waals surface area contributed by atoms with Gasteiger partial charge in [-0.2, -0.15) is 0 Å². The maximum Gasteiger partial charge on any atom is 0.137 e. The number of benzene rings is 7. The molecule has 4 heteroatoms. The van der Waals surface area contributed by atoms with Gasteiger partial charge < -0.3 is 14.6 Å². The van der Waals surface area contributed by atoms with Gasteiger partial charge in [0.25, 0.3) is 0 Å². The Hall–Kier alpha value is -5.58. The highest BCUT2D eigenvalue weighted by atomic mass is 32.1. The van der Waals surface area contributed by atoms with Crippen LogP contribution in [-0.2, 0) is 0 Å². The summed E-state index contributed by atoms with van der Waals surface area (Å²) in [4.78, 5) is 2.32. The van der Waals surface area contributed by atoms with Crippen LogP contribution >= 0.6 is 11.3 Å². The van der Waals surface area contributed by atoms with Gasteiger partial charge in [-0.15, -0.1) is 11.3 Å². The quantitative estimate of drug-likeness (QED) is 0.219. The van der Waals surface area contributed by atoms with Crippen LogP contribution in [0.3, 0.4) is 0 Å². The van der Waals surface area contributed by atoms with Crippen LogP contribution in [0.25, 0.3) is 52.9 Å². The van der Waals surface area contributed by atoms with Crippen LogP contribution in [0, 0.1) is 0 Å². The molecule has 0 amide bonds. The molecule has 0 aliphatic heterocycles. The summed E-state index contributed by atoms with van der Waals surface area (Å²) in [5.74, 6) is 0. The van der Waals surface area contributed by atoms with Gasteiger partial charge in [-0.05, 0) is 60.7 Å². The van der Waals surface area contributed by atoms with Crippen LogP contribution in [0.1, 0.15) is 0 Å². The predicted octanol–water partition coefficient (Wildman–Crippen LogP) is 12.3. The Morgan fingerprint density at radius 1 is 0.455 bits per heavy atom. The lowest BCUT2D eigenvalue weighted by molar-refractivity contribution is 0.669. The van der Waals surface area contributed by atoms with Gasteiger partial charge >= 0.3 is 0 Å². The molecule has 208 valence electrons. The average molecular weight is 583 g/mol. The van der Waals surface area contributed by atoms with E-state index in [4.69, 9.17) is 4.42 Å². The molecule has 9 aromatic rings. The first-order chi connectivity index (χ1) is 21.8. The third kappa shape index (κ3) is 4.03. The van der Waals surface area contributed by atoms with Crippen LogP contribution in [-0.4, -0.2) is 0 Å². The molecule has 0 aliphatic rings. The maximum atomic E-state index is 6.19. The van der Waals surface area contributed by atoms with Crippen LogP contribution in [0.5, 0.6) is 0 Å². The maximum absolute atomic E-state index is 6.19. The first-order valence-electron chi connectivity index (χ1n) is 14.8. The summed E-state index contributed by atoms with van der Waals surface area (Å²) in [5.41, 5.74) is 7.30. The van der Waals surface area contributed by atoms with Crippen molar-refractivity contribution < 1.29 is 4.42 Å². The summed E-state index contributed by atoms with van der Waals surface area (Å²) in [5, 5.41) is 11.0. The zero-order valence-electron chi connectivity index (χ0n) is 23.7. The summed E-state index contributed by atoms with van der Waals surface area (Å²) in [7, 11) is 0. The Morgan fingerprint density at radius 3 is 1.86 bits per heavy atom. The fourth-order valence-electron chi connectivity index (χ4n) is 6.39. The van der Waals surface area contributed by atoms with Crippen LogP contribution in [0.15, 0.2) is 156 Å². The fraction of sp³-hybridized carbons (Fsp3) is 0. The molecule has 7 aromatic carbocycles. The lowest BCUT2D eigenvalue weighted by Crippen LogP contribution is -2.09. The van der Waals surface area contributed by atoms with Crippen molar-refractivity contribution in [2.24, 2.45) is 0 Å². The Balaban J connectivity index is 1.19. The topological polar surface area (TPSA) is 28.4 Å². The Labute approximate surface area is 258 Å². The van der Waals surface area contributed by atoms with Crippen molar-refractivity contribution in [3.05, 3.63) is 152 Å². The van der Waals surface area contributed by atoms with E-state index in [-0.39, 0.29) is 0 Å². The Morgan fingerprint density at radius 2 is 1.09 bits per heavy atom. The molecular weight excluding hydrogens is 557 g/mol. The van der Waals surface area contributed by atoms with Crippen molar-refractivity contribution in [3.63, 3.8) is 0 Å². The van der Waals surface area contributed by atoms with E-state index < -0.39 is 0 Å². The molecule has 0 saturated carbocycles. The van der Waals surface area contributed by atoms with Gasteiger partial charge in [-0.25, -0.2) is 0 Å². The minimum absolute atomic E-state index is 0.886. The molecule has 0 radical (unpaired) electrons. The Bertz CT molecular complexity index is 2440. The second-order valence-corrected chi connectivity index (χ2v) is 12.1. The predicted molar refractivity (Wildman–Crippen MR) is 189 cm³/mol. The molecule has 1 N–H and O–H groups in total. The molecule has 0 saturated heterocycles. The first kappa shape index (κ1) is 25.0. The number of furan rings is 1. The molecule has 3 nitrogen and oxygen atoms in total. The molecule has 44 heavy (non-hydrogen) atoms. The van der Waals surface area contributed by atoms with Gasteiger partial charge in [-0.3, -0.25) is 0 Å². The lowest BCUT2D eigenvalue weighted by atomic mass is 10.0. The van der Waals surface area contributed by atoms with Gasteiger partial charge in [0.05, 0.1) is 0 Å². The number of thiophene rings is 1. The summed E-state index contributed by atoms with van der Waals surface area (Å²) < 4.78 is 8.75. The van der Waals surface area contributed by atoms with Gasteiger partial charge in [0.2, 0.25) is 0 Å². The van der Waals surface area contributed by atoms with E-state index in [9.17, 15) is 0 Å². The van der Waals surface area contributed by atoms with Crippen LogP contribution < -0.4 is 10.2 Å². The normalized spacial score (nSPS) is 11.6. The number of fused-ring (bicyclic) bond motifs is 8. The standard InChI is InChI=1S/C40H26N2OS/c1-3-11-27(12-4-1)42(28-13-5-2-6-14-28)29-20-22-33-35-25-36(30-15-7-8-17-34(30)40(35)44-39(33)24-29)41-26-19-21-32-31-16-9-10-18-37(31)43-38(32)23-26/h1-25,41H. The summed E-state index contributed by atoms with van der Waals surface area (Å²) in [6.07, 6.45) is 0. The number of hydrogen-bond donors (Lipinski definition) is 1. The molecule has 9 rings (SSSR count). The van der Waals surface area contributed by atoms with Crippen molar-refractivity contribution in [1.29, 1.82) is 0 Å². The first-order valence-corrected chi connectivity index (χ1v) is 15.6. The van der Waals surface area contributed by atoms with E-state index in [0.29, 0.717) is 0 Å². The number of hydrogen-bond acceptors (Lipinski definition) is 4. The molecule has 0 bridgehead atoms. The summed E-state index contributed by atoms with van der Waals surface area (Å²) in [6.45, 7) is 0. The van der Waals surface area contributed by atoms with E-state index in [2.05, 4.69) is 150 Å². The summed E-state index contributed by atoms with van der Waals surface area (Å²) >= 11 is 1.86. The third-order valence-electron chi connectivity index (χ3n) is 8.41. The minimum Gasteiger partial charge on any atom is -0.456 e. The number of nitrogens with one attached hydrogen (secondary N) is 1. The number of nitrogens with zero attached hydrogens (tertiary/aromatic N) is 1. The van der Waals surface area contributed by atoms with Crippen molar-refractivity contribution in [1.82, 2.24) is 0 Å². The number of para-hydroxylation sites is 3. The Kier molecular flexibility index (Phi) is 5.68. The largest absolute Gasteiger partial charge is 0.456 e.